The fourth-order valence-corrected chi connectivity index (χ4v) is 5.08. The van der Waals surface area contributed by atoms with Gasteiger partial charge >= 0.3 is 0 Å². The standard InChI is InChI=1S/C29H28N6O3/c1-34-17-21(23-6-3-4-7-24(23)34)18-35-15-5-8-25(35)29-32-27(33-38-29)20-11-14-26(30-16-20)31-28(36)19-9-12-22(37-2)13-10-19/h3-4,6-7,9-14,16-17,25H,5,8,15,18H2,1-2H3,(H,30,31,36). The van der Waals surface area contributed by atoms with Crippen LogP contribution < -0.4 is 10.1 Å². The summed E-state index contributed by atoms with van der Waals surface area (Å²) >= 11 is 0. The van der Waals surface area contributed by atoms with E-state index in [1.807, 2.05) is 6.07 Å². The van der Waals surface area contributed by atoms with Crippen molar-refractivity contribution in [2.24, 2.45) is 7.05 Å². The number of likely N-dealkylation sites (tertiary alicyclic amines) is 1. The average Bonchev–Trinajstić information content (AvgIpc) is 3.69. The number of benzene rings is 2. The number of para-hydroxylation sites is 1. The Labute approximate surface area is 220 Å². The maximum Gasteiger partial charge on any atom is 0.256 e. The highest BCUT2D eigenvalue weighted by atomic mass is 16.5. The molecule has 9 nitrogen and oxygen atoms in total. The molecule has 4 heterocycles. The van der Waals surface area contributed by atoms with Crippen molar-refractivity contribution in [2.45, 2.75) is 25.4 Å². The molecule has 6 rings (SSSR count). The third-order valence-electron chi connectivity index (χ3n) is 7.06. The molecule has 5 aromatic rings. The number of nitrogens with one attached hydrogen (secondary N) is 1. The first-order valence-corrected chi connectivity index (χ1v) is 12.6. The molecule has 1 aliphatic rings. The highest BCUT2D eigenvalue weighted by Crippen LogP contribution is 2.34. The van der Waals surface area contributed by atoms with Gasteiger partial charge < -0.3 is 19.1 Å². The summed E-state index contributed by atoms with van der Waals surface area (Å²) in [5, 5.41) is 8.30. The molecule has 2 aromatic carbocycles. The molecule has 1 unspecified atom stereocenters. The highest BCUT2D eigenvalue weighted by molar-refractivity contribution is 6.03. The van der Waals surface area contributed by atoms with Gasteiger partial charge in [-0.25, -0.2) is 4.98 Å². The van der Waals surface area contributed by atoms with Crippen molar-refractivity contribution in [2.75, 3.05) is 19.0 Å². The van der Waals surface area contributed by atoms with E-state index >= 15 is 0 Å². The minimum atomic E-state index is -0.248. The van der Waals surface area contributed by atoms with Crippen LogP contribution in [0.25, 0.3) is 22.3 Å². The van der Waals surface area contributed by atoms with E-state index in [1.54, 1.807) is 43.6 Å². The molecule has 1 N–H and O–H groups in total. The van der Waals surface area contributed by atoms with E-state index < -0.39 is 0 Å². The van der Waals surface area contributed by atoms with Gasteiger partial charge in [0.05, 0.1) is 13.2 Å². The monoisotopic (exact) mass is 508 g/mol. The van der Waals surface area contributed by atoms with Crippen LogP contribution in [0.15, 0.2) is 77.6 Å². The number of rotatable bonds is 7. The number of fused-ring (bicyclic) bond motifs is 1. The van der Waals surface area contributed by atoms with Crippen molar-refractivity contribution in [3.8, 4) is 17.1 Å². The van der Waals surface area contributed by atoms with E-state index in [0.29, 0.717) is 28.8 Å². The van der Waals surface area contributed by atoms with Gasteiger partial charge in [-0.1, -0.05) is 23.4 Å². The lowest BCUT2D eigenvalue weighted by Gasteiger charge is -2.21. The Hall–Kier alpha value is -4.50. The van der Waals surface area contributed by atoms with Crippen molar-refractivity contribution in [1.82, 2.24) is 24.6 Å². The second-order valence-corrected chi connectivity index (χ2v) is 9.48. The number of nitrogens with zero attached hydrogens (tertiary/aromatic N) is 5. The number of hydrogen-bond acceptors (Lipinski definition) is 7. The molecule has 0 spiro atoms. The number of amides is 1. The molecule has 192 valence electrons. The third kappa shape index (κ3) is 4.64. The SMILES string of the molecule is COc1ccc(C(=O)Nc2ccc(-c3noc(C4CCCN4Cc4cn(C)c5ccccc45)n3)cn2)cc1. The average molecular weight is 509 g/mol. The lowest BCUT2D eigenvalue weighted by Crippen LogP contribution is -2.22. The van der Waals surface area contributed by atoms with Gasteiger partial charge in [-0.3, -0.25) is 9.69 Å². The van der Waals surface area contributed by atoms with Gasteiger partial charge in [0, 0.05) is 48.0 Å². The molecule has 38 heavy (non-hydrogen) atoms. The van der Waals surface area contributed by atoms with Gasteiger partial charge in [-0.2, -0.15) is 4.98 Å². The Balaban J connectivity index is 1.14. The van der Waals surface area contributed by atoms with Crippen LogP contribution in [-0.4, -0.2) is 44.2 Å². The van der Waals surface area contributed by atoms with Gasteiger partial charge in [-0.05, 0) is 67.4 Å². The number of methoxy groups -OCH3 is 1. The lowest BCUT2D eigenvalue weighted by molar-refractivity contribution is 0.102. The predicted molar refractivity (Wildman–Crippen MR) is 144 cm³/mol. The minimum absolute atomic E-state index is 0.0752. The lowest BCUT2D eigenvalue weighted by atomic mass is 10.1. The zero-order valence-electron chi connectivity index (χ0n) is 21.3. The predicted octanol–water partition coefficient (Wildman–Crippen LogP) is 5.22. The number of pyridine rings is 1. The van der Waals surface area contributed by atoms with E-state index in [4.69, 9.17) is 14.2 Å². The van der Waals surface area contributed by atoms with Crippen LogP contribution in [0.5, 0.6) is 5.75 Å². The molecule has 0 bridgehead atoms. The van der Waals surface area contributed by atoms with E-state index in [1.165, 1.54) is 16.5 Å². The number of aromatic nitrogens is 4. The van der Waals surface area contributed by atoms with Crippen molar-refractivity contribution >= 4 is 22.6 Å². The number of anilines is 1. The molecule has 1 atom stereocenters. The Kier molecular flexibility index (Phi) is 6.35. The van der Waals surface area contributed by atoms with Crippen molar-refractivity contribution in [3.05, 3.63) is 90.1 Å². The fraction of sp³-hybridized carbons (Fsp3) is 0.241. The molecular weight excluding hydrogens is 480 g/mol. The van der Waals surface area contributed by atoms with Crippen LogP contribution in [-0.2, 0) is 13.6 Å². The normalized spacial score (nSPS) is 15.7. The summed E-state index contributed by atoms with van der Waals surface area (Å²) in [5.41, 5.74) is 3.77. The Bertz CT molecular complexity index is 1570. The minimum Gasteiger partial charge on any atom is -0.497 e. The van der Waals surface area contributed by atoms with Crippen molar-refractivity contribution in [1.29, 1.82) is 0 Å². The topological polar surface area (TPSA) is 98.3 Å². The summed E-state index contributed by atoms with van der Waals surface area (Å²) in [5.74, 6) is 1.99. The molecule has 3 aromatic heterocycles. The highest BCUT2D eigenvalue weighted by Gasteiger charge is 2.31. The molecule has 1 fully saturated rings. The number of ether oxygens (including phenoxy) is 1. The van der Waals surface area contributed by atoms with Crippen molar-refractivity contribution in [3.63, 3.8) is 0 Å². The zero-order valence-corrected chi connectivity index (χ0v) is 21.3. The first kappa shape index (κ1) is 23.9. The molecule has 0 radical (unpaired) electrons. The molecule has 1 aliphatic heterocycles. The summed E-state index contributed by atoms with van der Waals surface area (Å²) in [6, 6.07) is 19.0. The molecule has 9 heteroatoms. The molecule has 0 aliphatic carbocycles. The van der Waals surface area contributed by atoms with Gasteiger partial charge in [0.15, 0.2) is 0 Å². The van der Waals surface area contributed by atoms with Gasteiger partial charge in [0.2, 0.25) is 11.7 Å². The van der Waals surface area contributed by atoms with Crippen LogP contribution in [0.3, 0.4) is 0 Å². The Morgan fingerprint density at radius 2 is 1.97 bits per heavy atom. The van der Waals surface area contributed by atoms with E-state index in [-0.39, 0.29) is 11.9 Å². The Morgan fingerprint density at radius 1 is 1.13 bits per heavy atom. The van der Waals surface area contributed by atoms with E-state index in [0.717, 1.165) is 31.5 Å². The van der Waals surface area contributed by atoms with Crippen LogP contribution in [0.4, 0.5) is 5.82 Å². The smallest absolute Gasteiger partial charge is 0.256 e. The summed E-state index contributed by atoms with van der Waals surface area (Å²) < 4.78 is 13.0. The van der Waals surface area contributed by atoms with E-state index in [9.17, 15) is 4.79 Å². The summed E-state index contributed by atoms with van der Waals surface area (Å²) in [7, 11) is 3.67. The van der Waals surface area contributed by atoms with Gasteiger partial charge in [0.25, 0.3) is 5.91 Å². The largest absolute Gasteiger partial charge is 0.497 e. The maximum absolute atomic E-state index is 12.5. The van der Waals surface area contributed by atoms with Crippen LogP contribution in [0.2, 0.25) is 0 Å². The first-order chi connectivity index (χ1) is 18.6. The summed E-state index contributed by atoms with van der Waals surface area (Å²) in [6.45, 7) is 1.81. The quantitative estimate of drug-likeness (QED) is 0.322. The third-order valence-corrected chi connectivity index (χ3v) is 7.06. The molecule has 1 saturated heterocycles. The van der Waals surface area contributed by atoms with Crippen LogP contribution >= 0.6 is 0 Å². The van der Waals surface area contributed by atoms with Gasteiger partial charge in [0.1, 0.15) is 11.6 Å². The van der Waals surface area contributed by atoms with Crippen molar-refractivity contribution < 1.29 is 14.1 Å². The number of aryl methyl sites for hydroxylation is 1. The number of hydrogen-bond donors (Lipinski definition) is 1. The number of carbonyl (C=O) groups is 1. The second-order valence-electron chi connectivity index (χ2n) is 9.48. The summed E-state index contributed by atoms with van der Waals surface area (Å²) in [4.78, 5) is 24.0. The molecular formula is C29H28N6O3. The van der Waals surface area contributed by atoms with Crippen LogP contribution in [0.1, 0.15) is 40.7 Å². The summed E-state index contributed by atoms with van der Waals surface area (Å²) in [6.07, 6.45) is 5.90. The first-order valence-electron chi connectivity index (χ1n) is 12.6. The molecule has 1 amide bonds. The maximum atomic E-state index is 12.5. The Morgan fingerprint density at radius 3 is 2.76 bits per heavy atom. The number of carbonyl (C=O) groups excluding carboxylic acids is 1. The van der Waals surface area contributed by atoms with Gasteiger partial charge in [-0.15, -0.1) is 0 Å². The zero-order chi connectivity index (χ0) is 26.1. The fourth-order valence-electron chi connectivity index (χ4n) is 5.08. The second kappa shape index (κ2) is 10.1. The van der Waals surface area contributed by atoms with E-state index in [2.05, 4.69) is 62.4 Å². The van der Waals surface area contributed by atoms with Crippen LogP contribution in [0, 0.1) is 0 Å². The molecule has 0 saturated carbocycles.